The van der Waals surface area contributed by atoms with E-state index in [2.05, 4.69) is 32.4 Å². The van der Waals surface area contributed by atoms with E-state index in [0.717, 1.165) is 10.6 Å². The molecular formula is C23H20N6OS. The quantitative estimate of drug-likeness (QED) is 0.553. The number of rotatable bonds is 5. The number of hydrazone groups is 1. The molecule has 3 heterocycles. The Morgan fingerprint density at radius 2 is 1.68 bits per heavy atom. The van der Waals surface area contributed by atoms with Gasteiger partial charge in [-0.2, -0.15) is 10.2 Å². The highest BCUT2D eigenvalue weighted by Gasteiger charge is 2.43. The number of nitrogens with zero attached hydrogens (tertiary/aromatic N) is 6. The molecule has 1 aromatic heterocycles. The van der Waals surface area contributed by atoms with Crippen LogP contribution < -0.4 is 0 Å². The highest BCUT2D eigenvalue weighted by molar-refractivity contribution is 7.99. The molecule has 2 aliphatic heterocycles. The zero-order valence-corrected chi connectivity index (χ0v) is 17.4. The first kappa shape index (κ1) is 19.4. The third-order valence-electron chi connectivity index (χ3n) is 5.01. The standard InChI is InChI=1S/C23H20N6OS/c30-23-21(27-26-16-9-3-1-4-10-16)22-25-19(18-13-7-8-14-24-18)15-20(29(22)28-23)31-17-11-5-2-6-12-17/h1-14,19-21H,15H2,(H,28,30). The van der Waals surface area contributed by atoms with Gasteiger partial charge in [-0.1, -0.05) is 54.2 Å². The molecule has 0 radical (unpaired) electrons. The predicted octanol–water partition coefficient (Wildman–Crippen LogP) is 5.38. The first-order chi connectivity index (χ1) is 15.3. The highest BCUT2D eigenvalue weighted by atomic mass is 32.2. The molecule has 2 aromatic carbocycles. The zero-order valence-electron chi connectivity index (χ0n) is 16.6. The molecule has 0 saturated carbocycles. The number of aliphatic hydroxyl groups excluding tert-OH is 1. The molecule has 0 saturated heterocycles. The van der Waals surface area contributed by atoms with Crippen LogP contribution in [0.5, 0.6) is 0 Å². The van der Waals surface area contributed by atoms with Gasteiger partial charge in [-0.05, 0) is 36.4 Å². The summed E-state index contributed by atoms with van der Waals surface area (Å²) >= 11 is 1.68. The Labute approximate surface area is 184 Å². The summed E-state index contributed by atoms with van der Waals surface area (Å²) in [7, 11) is 0. The maximum absolute atomic E-state index is 10.6. The van der Waals surface area contributed by atoms with Crippen LogP contribution in [0.2, 0.25) is 0 Å². The maximum atomic E-state index is 10.6. The van der Waals surface area contributed by atoms with Gasteiger partial charge in [-0.25, -0.2) is 5.01 Å². The third kappa shape index (κ3) is 4.20. The van der Waals surface area contributed by atoms with Gasteiger partial charge in [-0.15, -0.1) is 5.10 Å². The van der Waals surface area contributed by atoms with Crippen LogP contribution in [0.1, 0.15) is 18.2 Å². The van der Waals surface area contributed by atoms with Crippen molar-refractivity contribution < 1.29 is 5.11 Å². The summed E-state index contributed by atoms with van der Waals surface area (Å²) in [5.74, 6) is 0.492. The van der Waals surface area contributed by atoms with Gasteiger partial charge in [0.05, 0.1) is 17.4 Å². The number of aliphatic imine (C=N–C) groups is 1. The SMILES string of the molecule is OC1=NN2C(=NC(c3ccccn3)CC2Sc2ccccc2)C1N=Nc1ccccc1. The number of fused-ring (bicyclic) bond motifs is 1. The molecule has 8 heteroatoms. The van der Waals surface area contributed by atoms with E-state index < -0.39 is 6.04 Å². The van der Waals surface area contributed by atoms with E-state index in [1.807, 2.05) is 66.7 Å². The number of hydrogen-bond acceptors (Lipinski definition) is 7. The second-order valence-corrected chi connectivity index (χ2v) is 8.39. The number of azo groups is 1. The van der Waals surface area contributed by atoms with Crippen molar-refractivity contribution in [3.05, 3.63) is 90.8 Å². The topological polar surface area (TPSA) is 85.8 Å². The van der Waals surface area contributed by atoms with Gasteiger partial charge >= 0.3 is 0 Å². The van der Waals surface area contributed by atoms with E-state index in [1.54, 1.807) is 23.0 Å². The summed E-state index contributed by atoms with van der Waals surface area (Å²) in [6.07, 6.45) is 2.48. The first-order valence-corrected chi connectivity index (χ1v) is 10.9. The molecule has 0 bridgehead atoms. The van der Waals surface area contributed by atoms with E-state index in [9.17, 15) is 5.11 Å². The number of thioether (sulfide) groups is 1. The number of aliphatic hydroxyl groups is 1. The Kier molecular flexibility index (Phi) is 5.45. The van der Waals surface area contributed by atoms with E-state index in [-0.39, 0.29) is 17.3 Å². The van der Waals surface area contributed by atoms with Crippen molar-refractivity contribution >= 4 is 29.2 Å². The first-order valence-electron chi connectivity index (χ1n) is 10.0. The minimum Gasteiger partial charge on any atom is -0.493 e. The van der Waals surface area contributed by atoms with Crippen LogP contribution in [-0.4, -0.2) is 38.2 Å². The molecule has 3 atom stereocenters. The predicted molar refractivity (Wildman–Crippen MR) is 122 cm³/mol. The van der Waals surface area contributed by atoms with Crippen LogP contribution in [0.3, 0.4) is 0 Å². The Balaban J connectivity index is 1.49. The van der Waals surface area contributed by atoms with Gasteiger partial charge in [0.25, 0.3) is 0 Å². The van der Waals surface area contributed by atoms with Crippen molar-refractivity contribution in [1.29, 1.82) is 0 Å². The van der Waals surface area contributed by atoms with Crippen molar-refractivity contribution in [3.63, 3.8) is 0 Å². The lowest BCUT2D eigenvalue weighted by Crippen LogP contribution is -2.41. The number of benzene rings is 2. The van der Waals surface area contributed by atoms with Gasteiger partial charge < -0.3 is 5.11 Å². The molecule has 31 heavy (non-hydrogen) atoms. The molecule has 0 aliphatic carbocycles. The van der Waals surface area contributed by atoms with Gasteiger partial charge in [-0.3, -0.25) is 9.98 Å². The lowest BCUT2D eigenvalue weighted by molar-refractivity contribution is 0.350. The van der Waals surface area contributed by atoms with Gasteiger partial charge in [0, 0.05) is 17.5 Å². The molecule has 0 fully saturated rings. The Morgan fingerprint density at radius 3 is 2.42 bits per heavy atom. The van der Waals surface area contributed by atoms with Crippen LogP contribution in [0, 0.1) is 0 Å². The second-order valence-electron chi connectivity index (χ2n) is 7.14. The van der Waals surface area contributed by atoms with Crippen LogP contribution in [0.4, 0.5) is 5.69 Å². The number of pyridine rings is 1. The van der Waals surface area contributed by atoms with Crippen LogP contribution >= 0.6 is 11.8 Å². The largest absolute Gasteiger partial charge is 0.493 e. The van der Waals surface area contributed by atoms with Crippen LogP contribution in [-0.2, 0) is 0 Å². The van der Waals surface area contributed by atoms with E-state index >= 15 is 0 Å². The van der Waals surface area contributed by atoms with Gasteiger partial charge in [0.2, 0.25) is 11.9 Å². The molecule has 1 N–H and O–H groups in total. The van der Waals surface area contributed by atoms with Crippen molar-refractivity contribution in [2.24, 2.45) is 20.3 Å². The Hall–Kier alpha value is -3.52. The van der Waals surface area contributed by atoms with E-state index in [0.29, 0.717) is 17.9 Å². The molecule has 2 aliphatic rings. The summed E-state index contributed by atoms with van der Waals surface area (Å²) in [5.41, 5.74) is 1.60. The lowest BCUT2D eigenvalue weighted by atomic mass is 10.1. The van der Waals surface area contributed by atoms with Crippen LogP contribution in [0.15, 0.2) is 110 Å². The molecule has 5 rings (SSSR count). The Morgan fingerprint density at radius 1 is 0.935 bits per heavy atom. The normalized spacial score (nSPS) is 22.8. The minimum atomic E-state index is -0.731. The Bertz CT molecular complexity index is 1120. The van der Waals surface area contributed by atoms with Crippen molar-refractivity contribution in [1.82, 2.24) is 9.99 Å². The monoisotopic (exact) mass is 428 g/mol. The summed E-state index contributed by atoms with van der Waals surface area (Å²) in [5, 5.41) is 25.4. The fourth-order valence-electron chi connectivity index (χ4n) is 3.54. The molecule has 0 amide bonds. The van der Waals surface area contributed by atoms with Gasteiger partial charge in [0.15, 0.2) is 5.84 Å². The van der Waals surface area contributed by atoms with Gasteiger partial charge in [0.1, 0.15) is 5.37 Å². The summed E-state index contributed by atoms with van der Waals surface area (Å²) < 4.78 is 0. The molecule has 7 nitrogen and oxygen atoms in total. The number of amidine groups is 1. The average Bonchev–Trinajstić information content (AvgIpc) is 3.15. The molecule has 3 aromatic rings. The fourth-order valence-corrected chi connectivity index (χ4v) is 4.70. The maximum Gasteiger partial charge on any atom is 0.239 e. The number of aromatic nitrogens is 1. The second kappa shape index (κ2) is 8.69. The zero-order chi connectivity index (χ0) is 21.0. The summed E-state index contributed by atoms with van der Waals surface area (Å²) in [4.78, 5) is 10.5. The van der Waals surface area contributed by atoms with Crippen molar-refractivity contribution in [3.8, 4) is 0 Å². The molecule has 154 valence electrons. The molecular weight excluding hydrogens is 408 g/mol. The average molecular weight is 429 g/mol. The minimum absolute atomic E-state index is 0.0546. The molecule has 0 spiro atoms. The van der Waals surface area contributed by atoms with Crippen molar-refractivity contribution in [2.45, 2.75) is 28.8 Å². The van der Waals surface area contributed by atoms with E-state index in [4.69, 9.17) is 4.99 Å². The van der Waals surface area contributed by atoms with E-state index in [1.165, 1.54) is 0 Å². The van der Waals surface area contributed by atoms with Crippen LogP contribution in [0.25, 0.3) is 0 Å². The third-order valence-corrected chi connectivity index (χ3v) is 6.22. The smallest absolute Gasteiger partial charge is 0.239 e. The highest BCUT2D eigenvalue weighted by Crippen LogP contribution is 2.40. The lowest BCUT2D eigenvalue weighted by Gasteiger charge is -2.33. The summed E-state index contributed by atoms with van der Waals surface area (Å²) in [6, 6.07) is 24.5. The van der Waals surface area contributed by atoms with Crippen molar-refractivity contribution in [2.75, 3.05) is 0 Å². The fraction of sp³-hybridized carbons (Fsp3) is 0.174. The molecule has 3 unspecified atom stereocenters. The summed E-state index contributed by atoms with van der Waals surface area (Å²) in [6.45, 7) is 0. The number of hydrogen-bond donors (Lipinski definition) is 1.